The Morgan fingerprint density at radius 3 is 2.60 bits per heavy atom. The summed E-state index contributed by atoms with van der Waals surface area (Å²) in [5.74, 6) is 0.765. The molecule has 1 N–H and O–H groups in total. The van der Waals surface area contributed by atoms with Gasteiger partial charge in [0.1, 0.15) is 0 Å². The molecule has 0 bridgehead atoms. The summed E-state index contributed by atoms with van der Waals surface area (Å²) in [7, 11) is 0. The van der Waals surface area contributed by atoms with Crippen molar-refractivity contribution in [2.24, 2.45) is 5.92 Å². The molecule has 2 heteroatoms. The molecule has 90 valence electrons. The van der Waals surface area contributed by atoms with Crippen LogP contribution in [0.1, 0.15) is 52.4 Å². The van der Waals surface area contributed by atoms with Gasteiger partial charge in [-0.3, -0.25) is 0 Å². The van der Waals surface area contributed by atoms with Gasteiger partial charge in [0, 0.05) is 19.3 Å². The molecule has 0 aromatic carbocycles. The lowest BCUT2D eigenvalue weighted by Crippen LogP contribution is -2.27. The first-order valence-corrected chi connectivity index (χ1v) is 6.60. The zero-order valence-electron chi connectivity index (χ0n) is 10.4. The van der Waals surface area contributed by atoms with Gasteiger partial charge >= 0.3 is 0 Å². The SMILES string of the molecule is CC(C)CCOCCCNC1CCCC1. The van der Waals surface area contributed by atoms with Crippen molar-refractivity contribution >= 4 is 0 Å². The minimum Gasteiger partial charge on any atom is -0.381 e. The van der Waals surface area contributed by atoms with E-state index < -0.39 is 0 Å². The Labute approximate surface area is 94.8 Å². The van der Waals surface area contributed by atoms with Crippen LogP contribution in [0.25, 0.3) is 0 Å². The molecule has 1 rings (SSSR count). The van der Waals surface area contributed by atoms with Crippen LogP contribution in [0.3, 0.4) is 0 Å². The number of nitrogens with one attached hydrogen (secondary N) is 1. The van der Waals surface area contributed by atoms with E-state index in [-0.39, 0.29) is 0 Å². The van der Waals surface area contributed by atoms with Crippen molar-refractivity contribution in [3.8, 4) is 0 Å². The van der Waals surface area contributed by atoms with E-state index in [0.717, 1.165) is 38.1 Å². The van der Waals surface area contributed by atoms with E-state index in [9.17, 15) is 0 Å². The van der Waals surface area contributed by atoms with Gasteiger partial charge in [0.2, 0.25) is 0 Å². The van der Waals surface area contributed by atoms with Crippen LogP contribution in [0.4, 0.5) is 0 Å². The fourth-order valence-corrected chi connectivity index (χ4v) is 2.03. The van der Waals surface area contributed by atoms with Crippen molar-refractivity contribution in [1.29, 1.82) is 0 Å². The molecule has 0 amide bonds. The summed E-state index contributed by atoms with van der Waals surface area (Å²) in [5, 5.41) is 3.60. The maximum Gasteiger partial charge on any atom is 0.0478 e. The predicted molar refractivity (Wildman–Crippen MR) is 65.1 cm³/mol. The minimum absolute atomic E-state index is 0.765. The van der Waals surface area contributed by atoms with Gasteiger partial charge in [-0.25, -0.2) is 0 Å². The Morgan fingerprint density at radius 1 is 1.20 bits per heavy atom. The molecular weight excluding hydrogens is 186 g/mol. The topological polar surface area (TPSA) is 21.3 Å². The maximum atomic E-state index is 5.57. The van der Waals surface area contributed by atoms with Crippen molar-refractivity contribution in [2.45, 2.75) is 58.4 Å². The van der Waals surface area contributed by atoms with Crippen LogP contribution >= 0.6 is 0 Å². The summed E-state index contributed by atoms with van der Waals surface area (Å²) < 4.78 is 5.57. The van der Waals surface area contributed by atoms with Gasteiger partial charge in [-0.15, -0.1) is 0 Å². The lowest BCUT2D eigenvalue weighted by Gasteiger charge is -2.11. The molecule has 1 aliphatic rings. The third kappa shape index (κ3) is 6.91. The molecule has 0 aromatic rings. The smallest absolute Gasteiger partial charge is 0.0478 e. The molecule has 0 saturated heterocycles. The van der Waals surface area contributed by atoms with Crippen LogP contribution in [-0.4, -0.2) is 25.8 Å². The van der Waals surface area contributed by atoms with Crippen molar-refractivity contribution < 1.29 is 4.74 Å². The quantitative estimate of drug-likeness (QED) is 0.626. The molecule has 0 aliphatic heterocycles. The van der Waals surface area contributed by atoms with Crippen LogP contribution in [0.5, 0.6) is 0 Å². The van der Waals surface area contributed by atoms with E-state index in [4.69, 9.17) is 4.74 Å². The fourth-order valence-electron chi connectivity index (χ4n) is 2.03. The van der Waals surface area contributed by atoms with Gasteiger partial charge in [0.25, 0.3) is 0 Å². The number of rotatable bonds is 8. The van der Waals surface area contributed by atoms with Crippen molar-refractivity contribution in [3.05, 3.63) is 0 Å². The average Bonchev–Trinajstić information content (AvgIpc) is 2.68. The summed E-state index contributed by atoms with van der Waals surface area (Å²) in [6.45, 7) is 7.47. The highest BCUT2D eigenvalue weighted by atomic mass is 16.5. The van der Waals surface area contributed by atoms with Gasteiger partial charge in [-0.05, 0) is 38.1 Å². The molecule has 0 unspecified atom stereocenters. The highest BCUT2D eigenvalue weighted by molar-refractivity contribution is 4.72. The number of hydrogen-bond acceptors (Lipinski definition) is 2. The molecule has 0 aromatic heterocycles. The molecule has 2 nitrogen and oxygen atoms in total. The first-order chi connectivity index (χ1) is 7.29. The average molecular weight is 213 g/mol. The Bertz CT molecular complexity index is 141. The Hall–Kier alpha value is -0.0800. The van der Waals surface area contributed by atoms with Gasteiger partial charge in [-0.1, -0.05) is 26.7 Å². The third-order valence-electron chi connectivity index (χ3n) is 3.09. The molecule has 15 heavy (non-hydrogen) atoms. The minimum atomic E-state index is 0.765. The lowest BCUT2D eigenvalue weighted by molar-refractivity contribution is 0.121. The van der Waals surface area contributed by atoms with Crippen molar-refractivity contribution in [3.63, 3.8) is 0 Å². The summed E-state index contributed by atoms with van der Waals surface area (Å²) in [6.07, 6.45) is 7.96. The van der Waals surface area contributed by atoms with Gasteiger partial charge in [-0.2, -0.15) is 0 Å². The second-order valence-corrected chi connectivity index (χ2v) is 5.08. The van der Waals surface area contributed by atoms with Crippen LogP contribution in [0, 0.1) is 5.92 Å². The number of ether oxygens (including phenoxy) is 1. The molecule has 0 atom stereocenters. The Kier molecular flexibility index (Phi) is 7.03. The van der Waals surface area contributed by atoms with Gasteiger partial charge in [0.15, 0.2) is 0 Å². The van der Waals surface area contributed by atoms with Crippen LogP contribution < -0.4 is 5.32 Å². The summed E-state index contributed by atoms with van der Waals surface area (Å²) in [5.41, 5.74) is 0. The zero-order chi connectivity index (χ0) is 10.9. The van der Waals surface area contributed by atoms with E-state index in [1.54, 1.807) is 0 Å². The number of hydrogen-bond donors (Lipinski definition) is 1. The molecule has 1 fully saturated rings. The molecule has 0 spiro atoms. The second-order valence-electron chi connectivity index (χ2n) is 5.08. The monoisotopic (exact) mass is 213 g/mol. The summed E-state index contributed by atoms with van der Waals surface area (Å²) in [6, 6.07) is 0.806. The van der Waals surface area contributed by atoms with Gasteiger partial charge in [0.05, 0.1) is 0 Å². The standard InChI is InChI=1S/C13H27NO/c1-12(2)8-11-15-10-5-9-14-13-6-3-4-7-13/h12-14H,3-11H2,1-2H3. The zero-order valence-corrected chi connectivity index (χ0v) is 10.4. The normalized spacial score (nSPS) is 17.8. The van der Waals surface area contributed by atoms with Gasteiger partial charge < -0.3 is 10.1 Å². The molecule has 1 aliphatic carbocycles. The van der Waals surface area contributed by atoms with E-state index in [0.29, 0.717) is 0 Å². The first kappa shape index (κ1) is 13.0. The summed E-state index contributed by atoms with van der Waals surface area (Å²) in [4.78, 5) is 0. The maximum absolute atomic E-state index is 5.57. The Morgan fingerprint density at radius 2 is 1.93 bits per heavy atom. The van der Waals surface area contributed by atoms with Crippen molar-refractivity contribution in [2.75, 3.05) is 19.8 Å². The van der Waals surface area contributed by atoms with Crippen LogP contribution in [-0.2, 0) is 4.74 Å². The largest absolute Gasteiger partial charge is 0.381 e. The molecule has 0 heterocycles. The second kappa shape index (κ2) is 8.12. The van der Waals surface area contributed by atoms with Crippen LogP contribution in [0.15, 0.2) is 0 Å². The van der Waals surface area contributed by atoms with E-state index >= 15 is 0 Å². The lowest BCUT2D eigenvalue weighted by atomic mass is 10.1. The van der Waals surface area contributed by atoms with Crippen molar-refractivity contribution in [1.82, 2.24) is 5.32 Å². The van der Waals surface area contributed by atoms with Crippen LogP contribution in [0.2, 0.25) is 0 Å². The molecule has 0 radical (unpaired) electrons. The first-order valence-electron chi connectivity index (χ1n) is 6.60. The fraction of sp³-hybridized carbons (Fsp3) is 1.00. The molecule has 1 saturated carbocycles. The third-order valence-corrected chi connectivity index (χ3v) is 3.09. The van der Waals surface area contributed by atoms with E-state index in [2.05, 4.69) is 19.2 Å². The highest BCUT2D eigenvalue weighted by Gasteiger charge is 2.12. The van der Waals surface area contributed by atoms with E-state index in [1.807, 2.05) is 0 Å². The highest BCUT2D eigenvalue weighted by Crippen LogP contribution is 2.17. The predicted octanol–water partition coefficient (Wildman–Crippen LogP) is 2.97. The Balaban J connectivity index is 1.76. The summed E-state index contributed by atoms with van der Waals surface area (Å²) >= 11 is 0. The van der Waals surface area contributed by atoms with E-state index in [1.165, 1.54) is 32.1 Å². The molecular formula is C13H27NO.